The van der Waals surface area contributed by atoms with Crippen LogP contribution in [0.3, 0.4) is 0 Å². The zero-order valence-electron chi connectivity index (χ0n) is 76.0. The van der Waals surface area contributed by atoms with Crippen molar-refractivity contribution >= 4 is 23.6 Å². The van der Waals surface area contributed by atoms with Crippen LogP contribution in [-0.2, 0) is 128 Å². The molecule has 816 valence electrons. The van der Waals surface area contributed by atoms with E-state index in [2.05, 4.69) is 21.3 Å². The number of aliphatic hydroxyl groups is 31. The van der Waals surface area contributed by atoms with Crippen molar-refractivity contribution in [3.63, 3.8) is 0 Å². The van der Waals surface area contributed by atoms with Crippen LogP contribution in [0.4, 0.5) is 0 Å². The molecule has 0 unspecified atom stereocenters. The number of hydrogen-bond acceptors (Lipinski definition) is 58. The first-order valence-corrected chi connectivity index (χ1v) is 45.3. The minimum atomic E-state index is -2.71. The van der Waals surface area contributed by atoms with Crippen molar-refractivity contribution in [3.8, 4) is 0 Å². The monoisotopic (exact) mass is 2060 g/mol. The molecular weight excluding hydrogens is 1930 g/mol. The van der Waals surface area contributed by atoms with Gasteiger partial charge < -0.3 is 289 Å². The molecule has 62 nitrogen and oxygen atoms in total. The van der Waals surface area contributed by atoms with Crippen LogP contribution in [-0.4, -0.2) is 610 Å². The van der Waals surface area contributed by atoms with Crippen molar-refractivity contribution < 1.29 is 286 Å². The highest BCUT2D eigenvalue weighted by molar-refractivity contribution is 5.74. The average Bonchev–Trinajstić information content (AvgIpc) is 0.765. The predicted octanol–water partition coefficient (Wildman–Crippen LogP) is -23.9. The molecule has 12 aliphatic heterocycles. The fourth-order valence-corrected chi connectivity index (χ4v) is 18.4. The molecule has 12 fully saturated rings. The summed E-state index contributed by atoms with van der Waals surface area (Å²) in [6.07, 6.45) is -119. The first-order valence-electron chi connectivity index (χ1n) is 45.3. The number of carbonyl (C=O) groups excluding carboxylic acids is 4. The van der Waals surface area contributed by atoms with Gasteiger partial charge in [0.25, 0.3) is 0 Å². The summed E-state index contributed by atoms with van der Waals surface area (Å²) < 4.78 is 140. The number of carbonyl (C=O) groups is 4. The molecule has 0 aromatic carbocycles. The molecule has 12 aliphatic rings. The van der Waals surface area contributed by atoms with Gasteiger partial charge in [-0.2, -0.15) is 0 Å². The highest BCUT2D eigenvalue weighted by Crippen LogP contribution is 2.43. The molecule has 12 heterocycles. The predicted molar refractivity (Wildman–Crippen MR) is 433 cm³/mol. The van der Waals surface area contributed by atoms with E-state index in [4.69, 9.17) is 109 Å². The highest BCUT2D eigenvalue weighted by Gasteiger charge is 2.64. The van der Waals surface area contributed by atoms with Crippen molar-refractivity contribution in [1.82, 2.24) is 21.3 Å². The molecule has 141 heavy (non-hydrogen) atoms. The maximum atomic E-state index is 13.8. The van der Waals surface area contributed by atoms with E-state index in [-0.39, 0.29) is 0 Å². The molecule has 4 amide bonds. The summed E-state index contributed by atoms with van der Waals surface area (Å²) >= 11 is 0. The molecule has 0 aromatic rings. The minimum Gasteiger partial charge on any atom is -0.394 e. The van der Waals surface area contributed by atoms with Gasteiger partial charge in [-0.3, -0.25) is 19.2 Å². The topological polar surface area (TPSA) is 956 Å². The van der Waals surface area contributed by atoms with Gasteiger partial charge in [-0.05, 0) is 13.8 Å². The molecule has 35 N–H and O–H groups in total. The van der Waals surface area contributed by atoms with E-state index in [0.29, 0.717) is 0 Å². The number of ether oxygens (including phenoxy) is 23. The van der Waals surface area contributed by atoms with E-state index < -0.39 is 452 Å². The highest BCUT2D eigenvalue weighted by atomic mass is 16.8. The van der Waals surface area contributed by atoms with Crippen LogP contribution in [0.1, 0.15) is 41.5 Å². The second kappa shape index (κ2) is 50.1. The van der Waals surface area contributed by atoms with Crippen LogP contribution < -0.4 is 21.3 Å². The van der Waals surface area contributed by atoms with E-state index in [1.807, 2.05) is 0 Å². The van der Waals surface area contributed by atoms with Gasteiger partial charge in [0.05, 0.1) is 78.3 Å². The second-order valence-corrected chi connectivity index (χ2v) is 36.1. The van der Waals surface area contributed by atoms with Crippen LogP contribution in [0.2, 0.25) is 0 Å². The maximum absolute atomic E-state index is 13.8. The maximum Gasteiger partial charge on any atom is 0.217 e. The summed E-state index contributed by atoms with van der Waals surface area (Å²) in [7, 11) is 0. The van der Waals surface area contributed by atoms with Gasteiger partial charge >= 0.3 is 0 Å². The van der Waals surface area contributed by atoms with Crippen LogP contribution in [0.15, 0.2) is 0 Å². The lowest BCUT2D eigenvalue weighted by Crippen LogP contribution is -2.72. The first-order chi connectivity index (χ1) is 66.6. The van der Waals surface area contributed by atoms with Gasteiger partial charge in [-0.1, -0.05) is 0 Å². The van der Waals surface area contributed by atoms with E-state index in [9.17, 15) is 177 Å². The van der Waals surface area contributed by atoms with Gasteiger partial charge in [0, 0.05) is 27.7 Å². The standard InChI is InChI=1S/C79H132N4O58/c1-17-37(96)48(107)55(114)72(122-17)120-16-32-62(63(36(68(118)124-32)83-22(6)94)137-74-56(115)49(108)38(97)18(2)123-74)136-69-33(80-19(3)91)47(106)61(30(13-90)129-69)135-79-67(141-73-54(113)39(98)23(95)14-119-73)64(138-78-66(53(112)43(102)27(10-87)128-78)140-71-35(82-21(5)93)46(105)60(29(12-89)131-71)134-76-58(117)51(110)41(100)25(8-85)126-76)44(103)31(132-79)15-121-77-65(52(111)42(101)26(9-86)127-77)139-70-34(81-20(4)92)45(104)59(28(11-88)130-70)133-75-57(116)50(109)40(99)24(7-84)125-75/h17-18,23-79,84-90,95-118H,7-16H2,1-6H3,(H,80,91)(H,81,92)(H,82,93)(H,83,94)/t17-,18-,23+,24+,25+,26+,27+,28+,29+,30+,31+,32+,33+,34+,35+,36+,37+,38+,39-,40-,41-,42+,43+,44+,45+,46+,47+,48+,49+,50-,51-,52-,53-,54+,55-,56-,57+,58+,59+,60+,61+,62+,63+,64-,65-,66-,67-,68-,69-,70-,71-,72+,73-,74-,75-,76-,77-,78+,79-/m0/s1. The Balaban J connectivity index is 0.948. The lowest BCUT2D eigenvalue weighted by atomic mass is 9.93. The summed E-state index contributed by atoms with van der Waals surface area (Å²) in [4.78, 5) is 53.4. The third-order valence-corrected chi connectivity index (χ3v) is 26.2. The summed E-state index contributed by atoms with van der Waals surface area (Å²) in [5.74, 6) is -4.07. The van der Waals surface area contributed by atoms with Gasteiger partial charge in [0.15, 0.2) is 75.5 Å². The lowest BCUT2D eigenvalue weighted by Gasteiger charge is -2.52. The van der Waals surface area contributed by atoms with Crippen molar-refractivity contribution in [2.24, 2.45) is 0 Å². The van der Waals surface area contributed by atoms with E-state index in [1.165, 1.54) is 13.8 Å². The summed E-state index contributed by atoms with van der Waals surface area (Å²) in [6, 6.07) is -8.24. The van der Waals surface area contributed by atoms with Crippen LogP contribution in [0.5, 0.6) is 0 Å². The normalized spacial score (nSPS) is 50.7. The van der Waals surface area contributed by atoms with E-state index >= 15 is 0 Å². The lowest BCUT2D eigenvalue weighted by molar-refractivity contribution is -0.413. The zero-order chi connectivity index (χ0) is 104. The fourth-order valence-electron chi connectivity index (χ4n) is 18.4. The quantitative estimate of drug-likeness (QED) is 0.0280. The van der Waals surface area contributed by atoms with Crippen LogP contribution >= 0.6 is 0 Å². The number of aliphatic hydroxyl groups excluding tert-OH is 31. The third-order valence-electron chi connectivity index (χ3n) is 26.2. The van der Waals surface area contributed by atoms with Gasteiger partial charge in [-0.25, -0.2) is 0 Å². The SMILES string of the molecule is CC(=O)N[C@@H]1[C@@H](O[C@@H]2O[C@@H](C)[C@@H](O)[C@@H](O)[C@@H]2O)[C@H](O[C@@H]2O[C@H](CO)[C@@H](O[C@@H]3O[C@H](CO[C@H]4O[C@H](CO)[C@@H](O)[C@H](O)[C@@H]4O[C@@H]4O[C@H](CO)[C@@H](O[C@@H]5O[C@H](CO)[C@H](O)[C@H](O)[C@H]5O)[C@H](O)[C@H]4NC(C)=O)[C@@H](O)[C@H](O[C@H]4O[C@H](CO)[C@@H](O)[C@H](O)[C@@H]4O[C@@H]4O[C@H](CO)[C@@H](O[C@@H]5O[C@H](CO)[C@H](O)[C@H](O)[C@H]5O)[C@H](O)[C@H]4NC(C)=O)[C@@H]3O[C@@H]3OC[C@@H](O)[C@H](O)[C@H]3O)[C@H](O)[C@H]2NC(C)=O)[C@@H](CO[C@@H]2O[C@@H](C)[C@@H](O)[C@@H](O)[C@@H]2O)O[C@@H]1O. The minimum absolute atomic E-state index is 0.864. The Morgan fingerprint density at radius 3 is 0.929 bits per heavy atom. The Kier molecular flexibility index (Phi) is 41.0. The molecular formula is C79H132N4O58. The molecule has 0 saturated carbocycles. The Hall–Kier alpha value is -4.28. The van der Waals surface area contributed by atoms with Crippen molar-refractivity contribution in [3.05, 3.63) is 0 Å². The summed E-state index contributed by atoms with van der Waals surface area (Å²) in [5.41, 5.74) is 0. The van der Waals surface area contributed by atoms with Gasteiger partial charge in [-0.15, -0.1) is 0 Å². The molecule has 12 rings (SSSR count). The summed E-state index contributed by atoms with van der Waals surface area (Å²) in [5, 5.41) is 360. The zero-order valence-corrected chi connectivity index (χ0v) is 76.0. The average molecular weight is 2070 g/mol. The first kappa shape index (κ1) is 115. The second-order valence-electron chi connectivity index (χ2n) is 36.1. The Bertz CT molecular complexity index is 3900. The molecule has 12 saturated heterocycles. The Labute approximate surface area is 798 Å². The van der Waals surface area contributed by atoms with E-state index in [1.54, 1.807) is 0 Å². The van der Waals surface area contributed by atoms with Crippen molar-refractivity contribution in [1.29, 1.82) is 0 Å². The largest absolute Gasteiger partial charge is 0.394 e. The third kappa shape index (κ3) is 25.5. The molecule has 0 radical (unpaired) electrons. The van der Waals surface area contributed by atoms with E-state index in [0.717, 1.165) is 27.7 Å². The smallest absolute Gasteiger partial charge is 0.217 e. The van der Waals surface area contributed by atoms with Gasteiger partial charge in [0.1, 0.15) is 274 Å². The molecule has 0 aliphatic carbocycles. The number of amides is 4. The van der Waals surface area contributed by atoms with Gasteiger partial charge in [0.2, 0.25) is 23.6 Å². The molecule has 62 heteroatoms. The Morgan fingerprint density at radius 2 is 0.511 bits per heavy atom. The molecule has 0 spiro atoms. The molecule has 0 bridgehead atoms. The fraction of sp³-hybridized carbons (Fsp3) is 0.949. The summed E-state index contributed by atoms with van der Waals surface area (Å²) in [6.45, 7) is -5.55. The Morgan fingerprint density at radius 1 is 0.227 bits per heavy atom. The number of nitrogens with one attached hydrogen (secondary N) is 4. The molecule has 0 aromatic heterocycles. The van der Waals surface area contributed by atoms with Crippen molar-refractivity contribution in [2.45, 2.75) is 404 Å². The van der Waals surface area contributed by atoms with Crippen molar-refractivity contribution in [2.75, 3.05) is 66.1 Å². The van der Waals surface area contributed by atoms with Crippen LogP contribution in [0.25, 0.3) is 0 Å². The number of hydrogen-bond donors (Lipinski definition) is 35. The van der Waals surface area contributed by atoms with Crippen LogP contribution in [0, 0.1) is 0 Å². The molecule has 59 atom stereocenters. The number of rotatable bonds is 35.